The average molecular weight is 497 g/mol. The maximum absolute atomic E-state index is 14.7. The van der Waals surface area contributed by atoms with Crippen LogP contribution in [0.2, 0.25) is 0 Å². The number of halogens is 3. The fraction of sp³-hybridized carbons (Fsp3) is 0.280. The summed E-state index contributed by atoms with van der Waals surface area (Å²) in [4.78, 5) is 32.6. The van der Waals surface area contributed by atoms with E-state index in [-0.39, 0.29) is 35.9 Å². The number of nitrogens with one attached hydrogen (secondary N) is 2. The van der Waals surface area contributed by atoms with E-state index in [0.29, 0.717) is 11.5 Å². The topological polar surface area (TPSA) is 111 Å². The number of hydrogen-bond acceptors (Lipinski definition) is 6. The fourth-order valence-corrected chi connectivity index (χ4v) is 3.96. The quantitative estimate of drug-likeness (QED) is 0.532. The number of pyridine rings is 2. The molecule has 186 valence electrons. The number of benzene rings is 1. The maximum atomic E-state index is 14.7. The zero-order valence-corrected chi connectivity index (χ0v) is 19.2. The van der Waals surface area contributed by atoms with Crippen molar-refractivity contribution in [3.63, 3.8) is 0 Å². The van der Waals surface area contributed by atoms with Gasteiger partial charge in [0, 0.05) is 25.7 Å². The van der Waals surface area contributed by atoms with Crippen molar-refractivity contribution >= 4 is 11.7 Å². The second-order valence-corrected chi connectivity index (χ2v) is 8.45. The third-order valence-electron chi connectivity index (χ3n) is 6.07. The molecule has 8 nitrogen and oxygen atoms in total. The molecule has 1 saturated heterocycles. The highest BCUT2D eigenvalue weighted by Gasteiger charge is 2.46. The van der Waals surface area contributed by atoms with Crippen LogP contribution in [0.3, 0.4) is 0 Å². The second kappa shape index (κ2) is 10.2. The van der Waals surface area contributed by atoms with Crippen LogP contribution in [0.5, 0.6) is 11.5 Å². The van der Waals surface area contributed by atoms with E-state index >= 15 is 0 Å². The molecule has 0 bridgehead atoms. The minimum atomic E-state index is -3.07. The van der Waals surface area contributed by atoms with E-state index in [1.807, 2.05) is 0 Å². The zero-order valence-electron chi connectivity index (χ0n) is 19.2. The first-order chi connectivity index (χ1) is 17.2. The van der Waals surface area contributed by atoms with Crippen molar-refractivity contribution in [3.8, 4) is 17.6 Å². The maximum Gasteiger partial charge on any atom is 0.265 e. The lowest BCUT2D eigenvalue weighted by Gasteiger charge is -2.40. The Morgan fingerprint density at radius 3 is 2.67 bits per heavy atom. The van der Waals surface area contributed by atoms with Crippen LogP contribution in [-0.2, 0) is 4.79 Å². The van der Waals surface area contributed by atoms with Gasteiger partial charge in [-0.2, -0.15) is 5.26 Å². The van der Waals surface area contributed by atoms with E-state index in [1.54, 1.807) is 24.0 Å². The number of rotatable bonds is 6. The molecule has 1 amide bonds. The van der Waals surface area contributed by atoms with Crippen molar-refractivity contribution < 1.29 is 22.7 Å². The van der Waals surface area contributed by atoms with Crippen LogP contribution in [0, 0.1) is 17.1 Å². The molecule has 1 unspecified atom stereocenters. The molecular weight excluding hydrogens is 475 g/mol. The molecule has 0 radical (unpaired) electrons. The summed E-state index contributed by atoms with van der Waals surface area (Å²) in [7, 11) is 0. The number of carbonyl (C=O) groups is 1. The van der Waals surface area contributed by atoms with E-state index in [1.165, 1.54) is 48.8 Å². The number of nitrogens with zero attached hydrogens (tertiary/aromatic N) is 3. The number of anilines is 1. The molecule has 0 saturated carbocycles. The number of H-pyrrole nitrogens is 1. The Labute approximate surface area is 204 Å². The first-order valence-electron chi connectivity index (χ1n) is 11.1. The second-order valence-electron chi connectivity index (χ2n) is 8.45. The van der Waals surface area contributed by atoms with Crippen LogP contribution in [0.25, 0.3) is 0 Å². The highest BCUT2D eigenvalue weighted by atomic mass is 19.3. The minimum Gasteiger partial charge on any atom is -0.456 e. The predicted octanol–water partition coefficient (Wildman–Crippen LogP) is 4.02. The molecule has 2 N–H and O–H groups in total. The summed E-state index contributed by atoms with van der Waals surface area (Å²) >= 11 is 0. The van der Waals surface area contributed by atoms with Crippen LogP contribution >= 0.6 is 0 Å². The van der Waals surface area contributed by atoms with Gasteiger partial charge in [0.1, 0.15) is 34.8 Å². The highest BCUT2D eigenvalue weighted by molar-refractivity contribution is 5.93. The van der Waals surface area contributed by atoms with Crippen molar-refractivity contribution in [2.45, 2.75) is 31.2 Å². The van der Waals surface area contributed by atoms with Crippen molar-refractivity contribution in [3.05, 3.63) is 82.2 Å². The van der Waals surface area contributed by atoms with Crippen molar-refractivity contribution in [1.29, 1.82) is 5.26 Å². The number of ether oxygens (including phenoxy) is 1. The van der Waals surface area contributed by atoms with E-state index < -0.39 is 35.8 Å². The van der Waals surface area contributed by atoms with Crippen LogP contribution in [0.1, 0.15) is 30.4 Å². The molecule has 1 aliphatic heterocycles. The van der Waals surface area contributed by atoms with Gasteiger partial charge in [0.25, 0.3) is 11.5 Å². The Bertz CT molecular complexity index is 1340. The SMILES string of the molecule is C[C@@H](C(=O)Nc1ccc(Oc2ccc(F)cc2)cn1)N1CCC(F)(F)C(c2c[nH]c(=O)c(C#N)c2)C1. The smallest absolute Gasteiger partial charge is 0.265 e. The van der Waals surface area contributed by atoms with Crippen LogP contribution in [0.15, 0.2) is 59.7 Å². The Morgan fingerprint density at radius 2 is 2.00 bits per heavy atom. The zero-order chi connectivity index (χ0) is 25.9. The van der Waals surface area contributed by atoms with Gasteiger partial charge in [0.15, 0.2) is 0 Å². The molecule has 36 heavy (non-hydrogen) atoms. The molecule has 0 aliphatic carbocycles. The van der Waals surface area contributed by atoms with Gasteiger partial charge >= 0.3 is 0 Å². The molecule has 3 aromatic rings. The minimum absolute atomic E-state index is 0.00950. The summed E-state index contributed by atoms with van der Waals surface area (Å²) in [5.74, 6) is -4.14. The molecule has 3 heterocycles. The number of nitriles is 1. The number of aromatic nitrogens is 2. The molecule has 1 fully saturated rings. The summed E-state index contributed by atoms with van der Waals surface area (Å²) in [6.45, 7) is 1.45. The molecule has 11 heteroatoms. The Balaban J connectivity index is 1.41. The van der Waals surface area contributed by atoms with Gasteiger partial charge in [0.05, 0.1) is 18.2 Å². The number of piperidine rings is 1. The highest BCUT2D eigenvalue weighted by Crippen LogP contribution is 2.40. The van der Waals surface area contributed by atoms with E-state index in [4.69, 9.17) is 10.00 Å². The van der Waals surface area contributed by atoms with Crippen LogP contribution in [0.4, 0.5) is 19.0 Å². The number of alkyl halides is 2. The van der Waals surface area contributed by atoms with Crippen molar-refractivity contribution in [2.75, 3.05) is 18.4 Å². The summed E-state index contributed by atoms with van der Waals surface area (Å²) in [6.07, 6.45) is 2.10. The molecule has 1 aliphatic rings. The monoisotopic (exact) mass is 497 g/mol. The molecule has 1 aromatic carbocycles. The Morgan fingerprint density at radius 1 is 1.28 bits per heavy atom. The first-order valence-corrected chi connectivity index (χ1v) is 11.1. The number of carbonyl (C=O) groups excluding carboxylic acids is 1. The first kappa shape index (κ1) is 24.9. The number of hydrogen-bond donors (Lipinski definition) is 2. The molecule has 4 rings (SSSR count). The number of aromatic amines is 1. The standard InChI is InChI=1S/C25H22F3N5O3/c1-15(23(34)32-22-7-6-20(13-30-22)36-19-4-2-18(26)3-5-19)33-9-8-25(27,28)21(14-33)17-10-16(11-29)24(35)31-12-17/h2-7,10,12-13,15,21H,8-9,14H2,1H3,(H,31,35)(H,30,32,34)/t15-,21?/m0/s1. The van der Waals surface area contributed by atoms with Gasteiger partial charge in [-0.3, -0.25) is 14.5 Å². The van der Waals surface area contributed by atoms with Gasteiger partial charge in [-0.05, 0) is 55.0 Å². The summed E-state index contributed by atoms with van der Waals surface area (Å²) < 4.78 is 48.1. The van der Waals surface area contributed by atoms with Crippen molar-refractivity contribution in [2.24, 2.45) is 0 Å². The summed E-state index contributed by atoms with van der Waals surface area (Å²) in [6, 6.07) is 10.7. The van der Waals surface area contributed by atoms with E-state index in [9.17, 15) is 22.8 Å². The van der Waals surface area contributed by atoms with E-state index in [0.717, 1.165) is 0 Å². The fourth-order valence-electron chi connectivity index (χ4n) is 3.96. The van der Waals surface area contributed by atoms with Crippen LogP contribution in [-0.4, -0.2) is 45.8 Å². The lowest BCUT2D eigenvalue weighted by atomic mass is 9.86. The number of amides is 1. The largest absolute Gasteiger partial charge is 0.456 e. The molecular formula is C25H22F3N5O3. The lowest BCUT2D eigenvalue weighted by Crippen LogP contribution is -2.52. The van der Waals surface area contributed by atoms with Gasteiger partial charge in [-0.15, -0.1) is 0 Å². The van der Waals surface area contributed by atoms with Gasteiger partial charge in [-0.1, -0.05) is 0 Å². The molecule has 0 spiro atoms. The van der Waals surface area contributed by atoms with Gasteiger partial charge < -0.3 is 15.0 Å². The predicted molar refractivity (Wildman–Crippen MR) is 124 cm³/mol. The van der Waals surface area contributed by atoms with Gasteiger partial charge in [-0.25, -0.2) is 18.2 Å². The average Bonchev–Trinajstić information content (AvgIpc) is 2.86. The molecule has 2 aromatic heterocycles. The Kier molecular flexibility index (Phi) is 7.07. The normalized spacial score (nSPS) is 18.1. The third kappa shape index (κ3) is 5.55. The number of likely N-dealkylation sites (tertiary alicyclic amines) is 1. The van der Waals surface area contributed by atoms with Crippen LogP contribution < -0.4 is 15.6 Å². The summed E-state index contributed by atoms with van der Waals surface area (Å²) in [5.41, 5.74) is -0.762. The Hall–Kier alpha value is -4.17. The summed E-state index contributed by atoms with van der Waals surface area (Å²) in [5, 5.41) is 11.7. The molecule has 2 atom stereocenters. The lowest BCUT2D eigenvalue weighted by molar-refractivity contribution is -0.125. The van der Waals surface area contributed by atoms with Gasteiger partial charge in [0.2, 0.25) is 5.91 Å². The van der Waals surface area contributed by atoms with E-state index in [2.05, 4.69) is 15.3 Å². The third-order valence-corrected chi connectivity index (χ3v) is 6.07. The van der Waals surface area contributed by atoms with Crippen molar-refractivity contribution in [1.82, 2.24) is 14.9 Å².